The first-order chi connectivity index (χ1) is 11.1. The number of piperidine rings is 1. The Labute approximate surface area is 143 Å². The Bertz CT molecular complexity index is 555. The molecule has 126 valence electrons. The summed E-state index contributed by atoms with van der Waals surface area (Å²) in [6, 6.07) is 6.71. The van der Waals surface area contributed by atoms with Crippen molar-refractivity contribution in [2.45, 2.75) is 51.1 Å². The second kappa shape index (κ2) is 7.54. The monoisotopic (exact) mass is 335 g/mol. The molecule has 23 heavy (non-hydrogen) atoms. The van der Waals surface area contributed by atoms with Gasteiger partial charge in [-0.15, -0.1) is 0 Å². The molecule has 0 saturated carbocycles. The van der Waals surface area contributed by atoms with Crippen LogP contribution in [0.2, 0.25) is 5.02 Å². The average Bonchev–Trinajstić information content (AvgIpc) is 2.76. The highest BCUT2D eigenvalue weighted by molar-refractivity contribution is 6.31. The van der Waals surface area contributed by atoms with Gasteiger partial charge in [0.15, 0.2) is 0 Å². The fourth-order valence-corrected chi connectivity index (χ4v) is 3.64. The third-order valence-electron chi connectivity index (χ3n) is 4.99. The maximum atomic E-state index is 12.0. The highest BCUT2D eigenvalue weighted by Gasteiger charge is 2.26. The van der Waals surface area contributed by atoms with Crippen LogP contribution >= 0.6 is 11.6 Å². The van der Waals surface area contributed by atoms with E-state index in [1.165, 1.54) is 5.69 Å². The summed E-state index contributed by atoms with van der Waals surface area (Å²) in [6.45, 7) is 4.86. The number of carbonyl (C=O) groups is 1. The van der Waals surface area contributed by atoms with Gasteiger partial charge >= 0.3 is 0 Å². The number of hydrogen-bond acceptors (Lipinski definition) is 3. The molecule has 1 aromatic rings. The fraction of sp³-hybridized carbons (Fsp3) is 0.611. The molecule has 2 aliphatic rings. The van der Waals surface area contributed by atoms with Crippen LogP contribution in [0.5, 0.6) is 0 Å². The van der Waals surface area contributed by atoms with Crippen molar-refractivity contribution in [3.05, 3.63) is 28.8 Å². The molecule has 1 aromatic carbocycles. The molecule has 2 heterocycles. The van der Waals surface area contributed by atoms with Crippen molar-refractivity contribution >= 4 is 23.2 Å². The van der Waals surface area contributed by atoms with Gasteiger partial charge in [-0.05, 0) is 56.7 Å². The molecule has 2 saturated heterocycles. The lowest BCUT2D eigenvalue weighted by Crippen LogP contribution is -2.51. The summed E-state index contributed by atoms with van der Waals surface area (Å²) < 4.78 is 0. The number of halogens is 1. The van der Waals surface area contributed by atoms with Gasteiger partial charge in [-0.25, -0.2) is 0 Å². The second-order valence-corrected chi connectivity index (χ2v) is 7.11. The minimum atomic E-state index is -0.0112. The lowest BCUT2D eigenvalue weighted by Gasteiger charge is -2.35. The Morgan fingerprint density at radius 1 is 1.22 bits per heavy atom. The normalized spacial score (nSPS) is 23.5. The first kappa shape index (κ1) is 16.6. The van der Waals surface area contributed by atoms with Gasteiger partial charge in [0, 0.05) is 36.4 Å². The largest absolute Gasteiger partial charge is 0.371 e. The van der Waals surface area contributed by atoms with Crippen LogP contribution in [0.25, 0.3) is 0 Å². The van der Waals surface area contributed by atoms with Crippen LogP contribution in [0, 0.1) is 6.92 Å². The van der Waals surface area contributed by atoms with Crippen molar-refractivity contribution in [3.63, 3.8) is 0 Å². The minimum absolute atomic E-state index is 0.0112. The number of nitrogens with zero attached hydrogens (tertiary/aromatic N) is 1. The van der Waals surface area contributed by atoms with Crippen LogP contribution < -0.4 is 15.5 Å². The molecule has 2 fully saturated rings. The van der Waals surface area contributed by atoms with Crippen LogP contribution in [0.3, 0.4) is 0 Å². The van der Waals surface area contributed by atoms with Gasteiger partial charge < -0.3 is 15.5 Å². The Morgan fingerprint density at radius 2 is 2.00 bits per heavy atom. The number of hydrogen-bond donors (Lipinski definition) is 2. The average molecular weight is 336 g/mol. The first-order valence-corrected chi connectivity index (χ1v) is 9.06. The number of nitrogens with one attached hydrogen (secondary N) is 2. The van der Waals surface area contributed by atoms with Gasteiger partial charge in [0.1, 0.15) is 0 Å². The number of rotatable bonds is 3. The predicted octanol–water partition coefficient (Wildman–Crippen LogP) is 2.88. The van der Waals surface area contributed by atoms with Gasteiger partial charge in [-0.1, -0.05) is 17.7 Å². The molecule has 0 bridgehead atoms. The molecule has 2 N–H and O–H groups in total. The molecule has 1 amide bonds. The van der Waals surface area contributed by atoms with Gasteiger partial charge in [0.05, 0.1) is 6.04 Å². The van der Waals surface area contributed by atoms with Crippen LogP contribution in [0.4, 0.5) is 5.69 Å². The quantitative estimate of drug-likeness (QED) is 0.892. The van der Waals surface area contributed by atoms with Crippen molar-refractivity contribution in [2.75, 3.05) is 24.5 Å². The maximum Gasteiger partial charge on any atom is 0.237 e. The second-order valence-electron chi connectivity index (χ2n) is 6.70. The number of carbonyl (C=O) groups excluding carboxylic acids is 1. The molecule has 1 unspecified atom stereocenters. The molecule has 3 rings (SSSR count). The summed E-state index contributed by atoms with van der Waals surface area (Å²) in [5.74, 6) is 0.176. The van der Waals surface area contributed by atoms with E-state index in [1.54, 1.807) is 0 Å². The number of anilines is 1. The zero-order chi connectivity index (χ0) is 16.2. The Balaban J connectivity index is 1.53. The zero-order valence-corrected chi connectivity index (χ0v) is 14.5. The zero-order valence-electron chi connectivity index (χ0n) is 13.8. The molecular weight excluding hydrogens is 310 g/mol. The van der Waals surface area contributed by atoms with Crippen LogP contribution in [-0.4, -0.2) is 37.6 Å². The Morgan fingerprint density at radius 3 is 2.74 bits per heavy atom. The summed E-state index contributed by atoms with van der Waals surface area (Å²) in [7, 11) is 0. The van der Waals surface area contributed by atoms with Crippen LogP contribution in [0.15, 0.2) is 18.2 Å². The summed E-state index contributed by atoms with van der Waals surface area (Å²) in [6.07, 6.45) is 5.30. The molecular formula is C18H26ClN3O. The molecule has 1 atom stereocenters. The van der Waals surface area contributed by atoms with Gasteiger partial charge in [-0.3, -0.25) is 4.79 Å². The van der Waals surface area contributed by atoms with E-state index in [1.807, 2.05) is 6.92 Å². The third-order valence-corrected chi connectivity index (χ3v) is 5.39. The van der Waals surface area contributed by atoms with Crippen molar-refractivity contribution in [1.82, 2.24) is 10.6 Å². The molecule has 5 heteroatoms. The van der Waals surface area contributed by atoms with Crippen molar-refractivity contribution in [1.29, 1.82) is 0 Å². The number of benzene rings is 1. The summed E-state index contributed by atoms with van der Waals surface area (Å²) >= 11 is 6.24. The molecule has 0 radical (unpaired) electrons. The van der Waals surface area contributed by atoms with E-state index >= 15 is 0 Å². The summed E-state index contributed by atoms with van der Waals surface area (Å²) in [5, 5.41) is 7.41. The van der Waals surface area contributed by atoms with Crippen molar-refractivity contribution in [2.24, 2.45) is 0 Å². The highest BCUT2D eigenvalue weighted by Crippen LogP contribution is 2.26. The lowest BCUT2D eigenvalue weighted by atomic mass is 10.0. The number of aryl methyl sites for hydroxylation is 1. The van der Waals surface area contributed by atoms with E-state index in [0.717, 1.165) is 62.3 Å². The van der Waals surface area contributed by atoms with Gasteiger partial charge in [0.25, 0.3) is 0 Å². The highest BCUT2D eigenvalue weighted by atomic mass is 35.5. The summed E-state index contributed by atoms with van der Waals surface area (Å²) in [4.78, 5) is 14.4. The minimum Gasteiger partial charge on any atom is -0.371 e. The molecule has 0 spiro atoms. The maximum absolute atomic E-state index is 12.0. The van der Waals surface area contributed by atoms with Crippen molar-refractivity contribution < 1.29 is 4.79 Å². The first-order valence-electron chi connectivity index (χ1n) is 8.68. The van der Waals surface area contributed by atoms with E-state index < -0.39 is 0 Å². The smallest absolute Gasteiger partial charge is 0.237 e. The SMILES string of the molecule is Cc1ccc(N2CCC(NC3CCCCNC3=O)CC2)cc1Cl. The van der Waals surface area contributed by atoms with E-state index in [9.17, 15) is 4.79 Å². The predicted molar refractivity (Wildman–Crippen MR) is 95.2 cm³/mol. The van der Waals surface area contributed by atoms with Gasteiger partial charge in [-0.2, -0.15) is 0 Å². The van der Waals surface area contributed by atoms with E-state index in [0.29, 0.717) is 6.04 Å². The van der Waals surface area contributed by atoms with E-state index in [4.69, 9.17) is 11.6 Å². The van der Waals surface area contributed by atoms with Crippen LogP contribution in [0.1, 0.15) is 37.7 Å². The summed E-state index contributed by atoms with van der Waals surface area (Å²) in [5.41, 5.74) is 2.32. The molecule has 2 aliphatic heterocycles. The Hall–Kier alpha value is -1.26. The van der Waals surface area contributed by atoms with Crippen LogP contribution in [-0.2, 0) is 4.79 Å². The number of amides is 1. The molecule has 0 aliphatic carbocycles. The topological polar surface area (TPSA) is 44.4 Å². The molecule has 0 aromatic heterocycles. The fourth-order valence-electron chi connectivity index (χ4n) is 3.47. The Kier molecular flexibility index (Phi) is 5.44. The van der Waals surface area contributed by atoms with E-state index in [-0.39, 0.29) is 11.9 Å². The standard InChI is InChI=1S/C18H26ClN3O/c1-13-5-6-15(12-16(13)19)22-10-7-14(8-11-22)21-17-4-2-3-9-20-18(17)23/h5-6,12,14,17,21H,2-4,7-11H2,1H3,(H,20,23). The lowest BCUT2D eigenvalue weighted by molar-refractivity contribution is -0.123. The van der Waals surface area contributed by atoms with Gasteiger partial charge in [0.2, 0.25) is 5.91 Å². The van der Waals surface area contributed by atoms with Crippen molar-refractivity contribution in [3.8, 4) is 0 Å². The molecule has 4 nitrogen and oxygen atoms in total. The third kappa shape index (κ3) is 4.18. The van der Waals surface area contributed by atoms with E-state index in [2.05, 4.69) is 33.7 Å².